The lowest BCUT2D eigenvalue weighted by molar-refractivity contribution is -0.386. The van der Waals surface area contributed by atoms with Gasteiger partial charge in [0.25, 0.3) is 5.69 Å². The number of nitro groups is 1. The number of benzene rings is 1. The summed E-state index contributed by atoms with van der Waals surface area (Å²) in [5, 5.41) is 11.2. The molecule has 0 spiro atoms. The van der Waals surface area contributed by atoms with Crippen molar-refractivity contribution in [3.8, 4) is 22.3 Å². The van der Waals surface area contributed by atoms with Crippen molar-refractivity contribution in [1.29, 1.82) is 0 Å². The van der Waals surface area contributed by atoms with Gasteiger partial charge in [-0.05, 0) is 80.1 Å². The molecular formula is C21H21NO2. The van der Waals surface area contributed by atoms with Crippen LogP contribution in [-0.4, -0.2) is 4.92 Å². The Morgan fingerprint density at radius 3 is 1.88 bits per heavy atom. The van der Waals surface area contributed by atoms with E-state index in [1.165, 1.54) is 27.8 Å². The van der Waals surface area contributed by atoms with E-state index in [1.54, 1.807) is 0 Å². The molecule has 3 nitrogen and oxygen atoms in total. The van der Waals surface area contributed by atoms with Gasteiger partial charge in [0.2, 0.25) is 0 Å². The molecule has 1 aromatic carbocycles. The van der Waals surface area contributed by atoms with Crippen LogP contribution in [0.15, 0.2) is 36.4 Å². The molecule has 0 fully saturated rings. The van der Waals surface area contributed by atoms with Crippen molar-refractivity contribution in [3.05, 3.63) is 74.3 Å². The Bertz CT molecular complexity index is 918. The number of fused-ring (bicyclic) bond motifs is 1. The van der Waals surface area contributed by atoms with Crippen molar-refractivity contribution in [2.75, 3.05) is 0 Å². The van der Waals surface area contributed by atoms with E-state index in [0.29, 0.717) is 11.1 Å². The molecule has 2 aliphatic rings. The Hall–Kier alpha value is -2.68. The summed E-state index contributed by atoms with van der Waals surface area (Å²) in [5.74, 6) is 0. The van der Waals surface area contributed by atoms with Crippen LogP contribution in [0.3, 0.4) is 0 Å². The molecule has 2 aliphatic carbocycles. The number of nitro benzene ring substituents is 1. The lowest BCUT2D eigenvalue weighted by Crippen LogP contribution is -1.96. The summed E-state index contributed by atoms with van der Waals surface area (Å²) in [6, 6.07) is 12.5. The lowest BCUT2D eigenvalue weighted by Gasteiger charge is -2.10. The monoisotopic (exact) mass is 319 g/mol. The van der Waals surface area contributed by atoms with E-state index in [-0.39, 0.29) is 10.6 Å². The van der Waals surface area contributed by atoms with Crippen LogP contribution < -0.4 is 0 Å². The maximum atomic E-state index is 11.2. The Labute approximate surface area is 142 Å². The zero-order valence-corrected chi connectivity index (χ0v) is 14.7. The van der Waals surface area contributed by atoms with Crippen molar-refractivity contribution in [2.45, 2.75) is 34.6 Å². The molecule has 0 amide bonds. The Morgan fingerprint density at radius 1 is 0.750 bits per heavy atom. The first-order valence-corrected chi connectivity index (χ1v) is 8.06. The standard InChI is InChI=1S/C21H21NO2/c1-12-8-13(2)18-6-7-19(20(18)14(3)9-12)17-10-15(4)21(22(23)24)16(5)11-17/h6-11H,1-5H3. The van der Waals surface area contributed by atoms with Crippen LogP contribution in [0.25, 0.3) is 22.3 Å². The molecule has 0 saturated carbocycles. The number of rotatable bonds is 2. The summed E-state index contributed by atoms with van der Waals surface area (Å²) >= 11 is 0. The third-order valence-corrected chi connectivity index (χ3v) is 4.65. The van der Waals surface area contributed by atoms with Gasteiger partial charge in [0.05, 0.1) is 4.92 Å². The quantitative estimate of drug-likeness (QED) is 0.435. The number of hydrogen-bond donors (Lipinski definition) is 0. The molecule has 3 rings (SSSR count). The van der Waals surface area contributed by atoms with Gasteiger partial charge in [-0.15, -0.1) is 0 Å². The van der Waals surface area contributed by atoms with E-state index in [2.05, 4.69) is 45.0 Å². The molecule has 1 aromatic rings. The fraction of sp³-hybridized carbons (Fsp3) is 0.238. The van der Waals surface area contributed by atoms with Crippen molar-refractivity contribution in [2.24, 2.45) is 0 Å². The number of hydrogen-bond acceptors (Lipinski definition) is 2. The van der Waals surface area contributed by atoms with Gasteiger partial charge in [-0.25, -0.2) is 0 Å². The molecule has 0 aliphatic heterocycles. The van der Waals surface area contributed by atoms with Crippen molar-refractivity contribution in [1.82, 2.24) is 0 Å². The molecular weight excluding hydrogens is 298 g/mol. The molecule has 3 heteroatoms. The predicted octanol–water partition coefficient (Wildman–Crippen LogP) is 5.91. The summed E-state index contributed by atoms with van der Waals surface area (Å²) < 4.78 is 0. The first-order valence-electron chi connectivity index (χ1n) is 8.06. The summed E-state index contributed by atoms with van der Waals surface area (Å²) in [5.41, 5.74) is 9.98. The minimum atomic E-state index is -0.295. The first kappa shape index (κ1) is 16.2. The van der Waals surface area contributed by atoms with Gasteiger partial charge in [0, 0.05) is 11.1 Å². The molecule has 0 atom stereocenters. The maximum absolute atomic E-state index is 11.2. The second-order valence-electron chi connectivity index (χ2n) is 6.65. The molecule has 122 valence electrons. The topological polar surface area (TPSA) is 43.1 Å². The highest BCUT2D eigenvalue weighted by molar-refractivity contribution is 5.90. The van der Waals surface area contributed by atoms with Crippen LogP contribution in [0.2, 0.25) is 0 Å². The van der Waals surface area contributed by atoms with Gasteiger partial charge in [0.1, 0.15) is 0 Å². The Balaban J connectivity index is 2.29. The van der Waals surface area contributed by atoms with Gasteiger partial charge in [-0.2, -0.15) is 0 Å². The Kier molecular flexibility index (Phi) is 3.88. The molecule has 0 N–H and O–H groups in total. The van der Waals surface area contributed by atoms with Gasteiger partial charge in [-0.3, -0.25) is 10.1 Å². The van der Waals surface area contributed by atoms with Gasteiger partial charge in [0.15, 0.2) is 0 Å². The lowest BCUT2D eigenvalue weighted by atomic mass is 9.94. The van der Waals surface area contributed by atoms with Crippen LogP contribution in [0.5, 0.6) is 0 Å². The zero-order valence-electron chi connectivity index (χ0n) is 14.7. The third-order valence-electron chi connectivity index (χ3n) is 4.65. The summed E-state index contributed by atoms with van der Waals surface area (Å²) in [7, 11) is 0. The summed E-state index contributed by atoms with van der Waals surface area (Å²) in [6.45, 7) is 9.98. The normalized spacial score (nSPS) is 11.0. The second-order valence-corrected chi connectivity index (χ2v) is 6.65. The van der Waals surface area contributed by atoms with Crippen LogP contribution >= 0.6 is 0 Å². The average Bonchev–Trinajstić information content (AvgIpc) is 2.86. The smallest absolute Gasteiger partial charge is 0.258 e. The van der Waals surface area contributed by atoms with Gasteiger partial charge < -0.3 is 0 Å². The van der Waals surface area contributed by atoms with Crippen LogP contribution in [0.4, 0.5) is 5.69 Å². The fourth-order valence-electron chi connectivity index (χ4n) is 3.75. The largest absolute Gasteiger partial charge is 0.275 e. The van der Waals surface area contributed by atoms with Crippen LogP contribution in [-0.2, 0) is 0 Å². The highest BCUT2D eigenvalue weighted by Gasteiger charge is 2.20. The highest BCUT2D eigenvalue weighted by Crippen LogP contribution is 2.41. The van der Waals surface area contributed by atoms with E-state index >= 15 is 0 Å². The molecule has 0 bridgehead atoms. The van der Waals surface area contributed by atoms with Gasteiger partial charge in [-0.1, -0.05) is 29.8 Å². The molecule has 0 saturated heterocycles. The molecule has 0 heterocycles. The predicted molar refractivity (Wildman–Crippen MR) is 98.8 cm³/mol. The first-order chi connectivity index (χ1) is 11.3. The summed E-state index contributed by atoms with van der Waals surface area (Å²) in [6.07, 6.45) is 0. The second kappa shape index (κ2) is 5.75. The van der Waals surface area contributed by atoms with Crippen LogP contribution in [0, 0.1) is 44.7 Å². The minimum Gasteiger partial charge on any atom is -0.258 e. The Morgan fingerprint density at radius 2 is 1.29 bits per heavy atom. The van der Waals surface area contributed by atoms with E-state index in [4.69, 9.17) is 0 Å². The van der Waals surface area contributed by atoms with Crippen LogP contribution in [0.1, 0.15) is 27.8 Å². The molecule has 0 aromatic heterocycles. The van der Waals surface area contributed by atoms with Crippen molar-refractivity contribution >= 4 is 5.69 Å². The number of nitrogens with zero attached hydrogens (tertiary/aromatic N) is 1. The zero-order chi connectivity index (χ0) is 17.6. The van der Waals surface area contributed by atoms with E-state index in [1.807, 2.05) is 26.0 Å². The van der Waals surface area contributed by atoms with Crippen molar-refractivity contribution in [3.63, 3.8) is 0 Å². The highest BCUT2D eigenvalue weighted by atomic mass is 16.6. The molecule has 0 radical (unpaired) electrons. The SMILES string of the molecule is Cc1cc(C)c2ccc(-c3cc(C)c([N+](=O)[O-])c(C)c3)c-2c(C)c1. The average molecular weight is 319 g/mol. The van der Waals surface area contributed by atoms with E-state index in [9.17, 15) is 10.1 Å². The summed E-state index contributed by atoms with van der Waals surface area (Å²) in [4.78, 5) is 10.9. The molecule has 0 unspecified atom stereocenters. The fourth-order valence-corrected chi connectivity index (χ4v) is 3.75. The third kappa shape index (κ3) is 2.56. The van der Waals surface area contributed by atoms with Crippen molar-refractivity contribution < 1.29 is 4.92 Å². The van der Waals surface area contributed by atoms with E-state index in [0.717, 1.165) is 11.1 Å². The number of aryl methyl sites for hydroxylation is 5. The minimum absolute atomic E-state index is 0.212. The van der Waals surface area contributed by atoms with E-state index < -0.39 is 0 Å². The van der Waals surface area contributed by atoms with Gasteiger partial charge >= 0.3 is 0 Å². The maximum Gasteiger partial charge on any atom is 0.275 e. The molecule has 24 heavy (non-hydrogen) atoms.